The summed E-state index contributed by atoms with van der Waals surface area (Å²) in [7, 11) is 1.81. The Kier molecular flexibility index (Phi) is 10.9. The number of likely N-dealkylation sites (tertiary alicyclic amines) is 1. The van der Waals surface area contributed by atoms with E-state index in [9.17, 15) is 0 Å². The van der Waals surface area contributed by atoms with Gasteiger partial charge < -0.3 is 20.3 Å². The van der Waals surface area contributed by atoms with Gasteiger partial charge in [0.25, 0.3) is 0 Å². The van der Waals surface area contributed by atoms with Crippen molar-refractivity contribution < 1.29 is 4.74 Å². The minimum Gasteiger partial charge on any atom is -0.492 e. The first-order valence-corrected chi connectivity index (χ1v) is 9.03. The lowest BCUT2D eigenvalue weighted by atomic mass is 10.1. The second-order valence-corrected chi connectivity index (χ2v) is 6.65. The molecule has 0 radical (unpaired) electrons. The number of nitrogens with zero attached hydrogens (tertiary/aromatic N) is 2. The molecular formula is C19H33IN4O. The molecule has 6 heteroatoms. The molecular weight excluding hydrogens is 427 g/mol. The Hall–Kier alpha value is -1.02. The Morgan fingerprint density at radius 1 is 1.20 bits per heavy atom. The summed E-state index contributed by atoms with van der Waals surface area (Å²) in [6, 6.07) is 8.13. The van der Waals surface area contributed by atoms with E-state index in [-0.39, 0.29) is 24.0 Å². The van der Waals surface area contributed by atoms with Crippen LogP contribution in [0.4, 0.5) is 0 Å². The number of nitrogens with one attached hydrogen (secondary N) is 2. The van der Waals surface area contributed by atoms with Gasteiger partial charge in [-0.2, -0.15) is 0 Å². The van der Waals surface area contributed by atoms with Crippen molar-refractivity contribution in [2.24, 2.45) is 10.9 Å². The molecule has 1 aromatic rings. The predicted octanol–water partition coefficient (Wildman–Crippen LogP) is 2.89. The summed E-state index contributed by atoms with van der Waals surface area (Å²) in [4.78, 5) is 6.83. The summed E-state index contributed by atoms with van der Waals surface area (Å²) in [6.45, 7) is 10.3. The number of aliphatic imine (C=N–C) groups is 1. The van der Waals surface area contributed by atoms with Crippen molar-refractivity contribution in [1.29, 1.82) is 0 Å². The van der Waals surface area contributed by atoms with Gasteiger partial charge in [-0.25, -0.2) is 0 Å². The molecule has 1 atom stereocenters. The van der Waals surface area contributed by atoms with Crippen LogP contribution in [-0.2, 0) is 0 Å². The molecule has 1 fully saturated rings. The molecule has 0 aromatic heterocycles. The molecule has 0 bridgehead atoms. The number of hydrogen-bond acceptors (Lipinski definition) is 3. The molecule has 1 saturated heterocycles. The van der Waals surface area contributed by atoms with Crippen molar-refractivity contribution in [2.75, 3.05) is 46.4 Å². The maximum atomic E-state index is 5.72. The number of guanidine groups is 1. The minimum atomic E-state index is 0. The van der Waals surface area contributed by atoms with Crippen LogP contribution in [0.25, 0.3) is 0 Å². The van der Waals surface area contributed by atoms with E-state index < -0.39 is 0 Å². The minimum absolute atomic E-state index is 0. The average molecular weight is 460 g/mol. The lowest BCUT2D eigenvalue weighted by Crippen LogP contribution is -2.42. The summed E-state index contributed by atoms with van der Waals surface area (Å²) in [6.07, 6.45) is 2.70. The molecule has 5 nitrogen and oxygen atoms in total. The van der Waals surface area contributed by atoms with Gasteiger partial charge >= 0.3 is 0 Å². The highest BCUT2D eigenvalue weighted by atomic mass is 127. The monoisotopic (exact) mass is 460 g/mol. The first kappa shape index (κ1) is 22.0. The van der Waals surface area contributed by atoms with Gasteiger partial charge in [-0.3, -0.25) is 4.99 Å². The van der Waals surface area contributed by atoms with Gasteiger partial charge in [-0.05, 0) is 50.9 Å². The molecule has 142 valence electrons. The van der Waals surface area contributed by atoms with E-state index in [1.165, 1.54) is 38.0 Å². The molecule has 1 unspecified atom stereocenters. The molecule has 0 spiro atoms. The van der Waals surface area contributed by atoms with E-state index in [1.807, 2.05) is 12.1 Å². The van der Waals surface area contributed by atoms with E-state index >= 15 is 0 Å². The predicted molar refractivity (Wildman–Crippen MR) is 116 cm³/mol. The zero-order chi connectivity index (χ0) is 17.2. The second kappa shape index (κ2) is 12.4. The summed E-state index contributed by atoms with van der Waals surface area (Å²) in [5.41, 5.74) is 1.24. The maximum absolute atomic E-state index is 5.72. The lowest BCUT2D eigenvalue weighted by molar-refractivity contribution is 0.287. The fourth-order valence-corrected chi connectivity index (χ4v) is 2.93. The maximum Gasteiger partial charge on any atom is 0.191 e. The van der Waals surface area contributed by atoms with Crippen molar-refractivity contribution >= 4 is 29.9 Å². The Balaban J connectivity index is 0.00000312. The SMILES string of the molecule is CN=C(NCCOc1ccc(C)cc1)NCC(C)CN1CCCC1.I. The largest absolute Gasteiger partial charge is 0.492 e. The van der Waals surface area contributed by atoms with Gasteiger partial charge in [0.15, 0.2) is 5.96 Å². The van der Waals surface area contributed by atoms with Crippen LogP contribution in [0.15, 0.2) is 29.3 Å². The number of hydrogen-bond donors (Lipinski definition) is 2. The van der Waals surface area contributed by atoms with Gasteiger partial charge in [0, 0.05) is 20.1 Å². The molecule has 2 rings (SSSR count). The van der Waals surface area contributed by atoms with E-state index in [0.29, 0.717) is 12.5 Å². The average Bonchev–Trinajstić information content (AvgIpc) is 3.08. The van der Waals surface area contributed by atoms with Gasteiger partial charge in [0.05, 0.1) is 6.54 Å². The smallest absolute Gasteiger partial charge is 0.191 e. The highest BCUT2D eigenvalue weighted by Crippen LogP contribution is 2.11. The molecule has 2 N–H and O–H groups in total. The fraction of sp³-hybridized carbons (Fsp3) is 0.632. The summed E-state index contributed by atoms with van der Waals surface area (Å²) >= 11 is 0. The third-order valence-electron chi connectivity index (χ3n) is 4.29. The van der Waals surface area contributed by atoms with E-state index in [1.54, 1.807) is 7.05 Å². The number of benzene rings is 1. The van der Waals surface area contributed by atoms with E-state index in [0.717, 1.165) is 24.8 Å². The van der Waals surface area contributed by atoms with Crippen LogP contribution >= 0.6 is 24.0 Å². The topological polar surface area (TPSA) is 48.9 Å². The zero-order valence-electron chi connectivity index (χ0n) is 15.8. The van der Waals surface area contributed by atoms with Crippen LogP contribution < -0.4 is 15.4 Å². The normalized spacial score (nSPS) is 16.2. The molecule has 1 heterocycles. The van der Waals surface area contributed by atoms with E-state index in [2.05, 4.69) is 46.5 Å². The Morgan fingerprint density at radius 2 is 1.88 bits per heavy atom. The van der Waals surface area contributed by atoms with E-state index in [4.69, 9.17) is 4.74 Å². The van der Waals surface area contributed by atoms with Gasteiger partial charge in [-0.15, -0.1) is 24.0 Å². The third-order valence-corrected chi connectivity index (χ3v) is 4.29. The highest BCUT2D eigenvalue weighted by molar-refractivity contribution is 14.0. The van der Waals surface area contributed by atoms with Gasteiger partial charge in [-0.1, -0.05) is 24.6 Å². The number of halogens is 1. The quantitative estimate of drug-likeness (QED) is 0.271. The molecule has 1 aromatic carbocycles. The van der Waals surface area contributed by atoms with Crippen LogP contribution in [0.2, 0.25) is 0 Å². The third kappa shape index (κ3) is 8.76. The highest BCUT2D eigenvalue weighted by Gasteiger charge is 2.14. The van der Waals surface area contributed by atoms with Crippen molar-refractivity contribution in [3.8, 4) is 5.75 Å². The standard InChI is InChI=1S/C19H32N4O.HI/c1-16-6-8-18(9-7-16)24-13-10-21-19(20-3)22-14-17(2)15-23-11-4-5-12-23;/h6-9,17H,4-5,10-15H2,1-3H3,(H2,20,21,22);1H. The zero-order valence-corrected chi connectivity index (χ0v) is 18.1. The summed E-state index contributed by atoms with van der Waals surface area (Å²) in [5.74, 6) is 2.37. The lowest BCUT2D eigenvalue weighted by Gasteiger charge is -2.21. The van der Waals surface area contributed by atoms with Gasteiger partial charge in [0.2, 0.25) is 0 Å². The number of ether oxygens (including phenoxy) is 1. The van der Waals surface area contributed by atoms with Crippen LogP contribution in [0.5, 0.6) is 5.75 Å². The molecule has 1 aliphatic rings. The van der Waals surface area contributed by atoms with Crippen molar-refractivity contribution in [2.45, 2.75) is 26.7 Å². The van der Waals surface area contributed by atoms with Crippen LogP contribution in [0, 0.1) is 12.8 Å². The summed E-state index contributed by atoms with van der Waals surface area (Å²) in [5, 5.41) is 6.71. The van der Waals surface area contributed by atoms with Crippen molar-refractivity contribution in [3.63, 3.8) is 0 Å². The first-order chi connectivity index (χ1) is 11.7. The second-order valence-electron chi connectivity index (χ2n) is 6.65. The Bertz CT molecular complexity index is 501. The van der Waals surface area contributed by atoms with Crippen LogP contribution in [-0.4, -0.2) is 57.2 Å². The Labute approximate surface area is 169 Å². The van der Waals surface area contributed by atoms with Crippen molar-refractivity contribution in [3.05, 3.63) is 29.8 Å². The fourth-order valence-electron chi connectivity index (χ4n) is 2.93. The molecule has 0 saturated carbocycles. The van der Waals surface area contributed by atoms with Crippen molar-refractivity contribution in [1.82, 2.24) is 15.5 Å². The first-order valence-electron chi connectivity index (χ1n) is 9.03. The Morgan fingerprint density at radius 3 is 2.52 bits per heavy atom. The van der Waals surface area contributed by atoms with Gasteiger partial charge in [0.1, 0.15) is 12.4 Å². The number of rotatable bonds is 8. The molecule has 0 amide bonds. The van der Waals surface area contributed by atoms with Crippen LogP contribution in [0.3, 0.4) is 0 Å². The molecule has 0 aliphatic carbocycles. The number of aryl methyl sites for hydroxylation is 1. The molecule has 25 heavy (non-hydrogen) atoms. The molecule has 1 aliphatic heterocycles. The van der Waals surface area contributed by atoms with Crippen LogP contribution in [0.1, 0.15) is 25.3 Å². The summed E-state index contributed by atoms with van der Waals surface area (Å²) < 4.78 is 5.72.